The van der Waals surface area contributed by atoms with Crippen molar-refractivity contribution < 1.29 is 23.6 Å². The molecule has 3 aliphatic rings. The molecule has 2 aliphatic carbocycles. The van der Waals surface area contributed by atoms with Crippen LogP contribution in [0.25, 0.3) is 22.2 Å². The fraction of sp³-hybridized carbons (Fsp3) is 0.586. The number of hydrogen-bond donors (Lipinski definition) is 0. The molecule has 2 amide bonds. The fourth-order valence-corrected chi connectivity index (χ4v) is 6.67. The van der Waals surface area contributed by atoms with E-state index in [-0.39, 0.29) is 24.0 Å². The lowest BCUT2D eigenvalue weighted by molar-refractivity contribution is -0.130. The van der Waals surface area contributed by atoms with Crippen LogP contribution >= 0.6 is 0 Å². The van der Waals surface area contributed by atoms with E-state index in [1.54, 1.807) is 7.11 Å². The van der Waals surface area contributed by atoms with Gasteiger partial charge in [-0.05, 0) is 84.4 Å². The molecule has 3 aromatic rings. The first-order valence-electron chi connectivity index (χ1n) is 13.6. The monoisotopic (exact) mass is 520 g/mol. The van der Waals surface area contributed by atoms with Gasteiger partial charge >= 0.3 is 6.09 Å². The van der Waals surface area contributed by atoms with Crippen molar-refractivity contribution in [2.45, 2.75) is 96.4 Å². The number of hydrogen-bond acceptors (Lipinski definition) is 7. The first kappa shape index (κ1) is 25.1. The minimum absolute atomic E-state index is 0.0513. The van der Waals surface area contributed by atoms with E-state index in [1.165, 1.54) is 4.90 Å². The summed E-state index contributed by atoms with van der Waals surface area (Å²) in [5.74, 6) is 1.42. The lowest BCUT2D eigenvalue weighted by atomic mass is 9.92. The molecule has 0 bridgehead atoms. The Morgan fingerprint density at radius 3 is 2.53 bits per heavy atom. The number of aryl methyl sites for hydroxylation is 2. The number of aromatic nitrogens is 3. The van der Waals surface area contributed by atoms with Gasteiger partial charge in [0.1, 0.15) is 22.7 Å². The largest absolute Gasteiger partial charge is 0.443 e. The van der Waals surface area contributed by atoms with E-state index >= 15 is 0 Å². The van der Waals surface area contributed by atoms with Gasteiger partial charge in [0, 0.05) is 31.1 Å². The van der Waals surface area contributed by atoms with Gasteiger partial charge in [-0.3, -0.25) is 4.79 Å². The van der Waals surface area contributed by atoms with Crippen molar-refractivity contribution in [3.05, 3.63) is 35.5 Å². The van der Waals surface area contributed by atoms with Crippen molar-refractivity contribution in [3.63, 3.8) is 0 Å². The summed E-state index contributed by atoms with van der Waals surface area (Å²) < 4.78 is 19.1. The van der Waals surface area contributed by atoms with Gasteiger partial charge in [-0.25, -0.2) is 14.7 Å². The van der Waals surface area contributed by atoms with Crippen LogP contribution in [-0.2, 0) is 19.8 Å². The average molecular weight is 521 g/mol. The van der Waals surface area contributed by atoms with E-state index in [4.69, 9.17) is 19.0 Å². The smallest absolute Gasteiger partial charge is 0.417 e. The third kappa shape index (κ3) is 3.85. The maximum Gasteiger partial charge on any atom is 0.417 e. The zero-order valence-corrected chi connectivity index (χ0v) is 23.0. The summed E-state index contributed by atoms with van der Waals surface area (Å²) in [4.78, 5) is 33.1. The molecule has 3 fully saturated rings. The number of benzene rings is 1. The second kappa shape index (κ2) is 8.66. The number of amides is 2. The summed E-state index contributed by atoms with van der Waals surface area (Å²) in [6.07, 6.45) is 4.54. The lowest BCUT2D eigenvalue weighted by Gasteiger charge is -2.33. The first-order chi connectivity index (χ1) is 18.0. The number of imide groups is 1. The molecule has 9 heteroatoms. The fourth-order valence-electron chi connectivity index (χ4n) is 6.67. The highest BCUT2D eigenvalue weighted by atomic mass is 16.6. The van der Waals surface area contributed by atoms with E-state index in [0.717, 1.165) is 65.1 Å². The van der Waals surface area contributed by atoms with Crippen LogP contribution in [0, 0.1) is 19.8 Å². The van der Waals surface area contributed by atoms with Crippen LogP contribution in [0.1, 0.15) is 82.6 Å². The summed E-state index contributed by atoms with van der Waals surface area (Å²) in [5.41, 5.74) is 3.18. The van der Waals surface area contributed by atoms with Gasteiger partial charge in [0.15, 0.2) is 0 Å². The molecule has 2 atom stereocenters. The molecule has 1 aliphatic heterocycles. The molecular weight excluding hydrogens is 484 g/mol. The molecule has 2 saturated carbocycles. The SMILES string of the molecule is CO[C@H]1CC[C@H](n2c([C@]34C[C@H]3CC(=O)N4C(=O)OC(C)(C)C)nc3cc(-c4c(C)noc4C)ccc32)CC1. The van der Waals surface area contributed by atoms with Crippen LogP contribution in [0.4, 0.5) is 4.79 Å². The van der Waals surface area contributed by atoms with Gasteiger partial charge in [-0.15, -0.1) is 0 Å². The van der Waals surface area contributed by atoms with Crippen LogP contribution < -0.4 is 0 Å². The summed E-state index contributed by atoms with van der Waals surface area (Å²) in [6.45, 7) is 9.31. The quantitative estimate of drug-likeness (QED) is 0.427. The van der Waals surface area contributed by atoms with Crippen molar-refractivity contribution in [2.24, 2.45) is 5.92 Å². The van der Waals surface area contributed by atoms with Crippen LogP contribution in [0.2, 0.25) is 0 Å². The molecule has 0 N–H and O–H groups in total. The number of fused-ring (bicyclic) bond motifs is 2. The summed E-state index contributed by atoms with van der Waals surface area (Å²) in [5, 5.41) is 4.12. The van der Waals surface area contributed by atoms with Gasteiger partial charge in [0.25, 0.3) is 0 Å². The third-order valence-corrected chi connectivity index (χ3v) is 8.46. The molecule has 2 aromatic heterocycles. The van der Waals surface area contributed by atoms with Crippen molar-refractivity contribution in [2.75, 3.05) is 7.11 Å². The maximum atomic E-state index is 13.4. The van der Waals surface area contributed by atoms with E-state index in [9.17, 15) is 9.59 Å². The minimum Gasteiger partial charge on any atom is -0.443 e. The van der Waals surface area contributed by atoms with Crippen molar-refractivity contribution in [1.29, 1.82) is 0 Å². The van der Waals surface area contributed by atoms with E-state index in [2.05, 4.69) is 27.9 Å². The molecule has 1 aromatic carbocycles. The molecule has 1 saturated heterocycles. The predicted octanol–water partition coefficient (Wildman–Crippen LogP) is 5.82. The maximum absolute atomic E-state index is 13.4. The lowest BCUT2D eigenvalue weighted by Crippen LogP contribution is -2.45. The second-order valence-corrected chi connectivity index (χ2v) is 12.1. The highest BCUT2D eigenvalue weighted by Crippen LogP contribution is 2.63. The zero-order valence-electron chi connectivity index (χ0n) is 23.0. The zero-order chi connectivity index (χ0) is 27.0. The number of rotatable bonds is 4. The Bertz CT molecular complexity index is 1410. The standard InChI is InChI=1S/C29H36N4O5/c1-16-25(17(2)38-31-16)18-7-12-23-22(13-18)30-26(32(23)20-8-10-21(36-6)11-9-20)29-15-19(29)14-24(34)33(29)27(35)37-28(3,4)5/h7,12-13,19-21H,8-11,14-15H2,1-6H3/t19-,20-,21-,29+/m1/s1. The van der Waals surface area contributed by atoms with Crippen LogP contribution in [0.5, 0.6) is 0 Å². The third-order valence-electron chi connectivity index (χ3n) is 8.46. The van der Waals surface area contributed by atoms with Crippen LogP contribution in [0.3, 0.4) is 0 Å². The molecule has 0 radical (unpaired) electrons. The van der Waals surface area contributed by atoms with Gasteiger partial charge in [0.05, 0.1) is 22.8 Å². The molecular formula is C29H36N4O5. The van der Waals surface area contributed by atoms with Crippen LogP contribution in [-0.4, -0.2) is 50.4 Å². The molecule has 6 rings (SSSR count). The highest BCUT2D eigenvalue weighted by molar-refractivity contribution is 5.97. The number of piperidine rings is 1. The average Bonchev–Trinajstić information content (AvgIpc) is 3.12. The Balaban J connectivity index is 1.49. The molecule has 0 unspecified atom stereocenters. The topological polar surface area (TPSA) is 99.7 Å². The van der Waals surface area contributed by atoms with Crippen molar-refractivity contribution in [3.8, 4) is 11.1 Å². The number of carbonyl (C=O) groups is 2. The summed E-state index contributed by atoms with van der Waals surface area (Å²) >= 11 is 0. The Hall–Kier alpha value is -3.20. The first-order valence-corrected chi connectivity index (χ1v) is 13.6. The van der Waals surface area contributed by atoms with Gasteiger partial charge < -0.3 is 18.6 Å². The molecule has 202 valence electrons. The summed E-state index contributed by atoms with van der Waals surface area (Å²) in [7, 11) is 1.77. The Labute approximate surface area is 222 Å². The Morgan fingerprint density at radius 1 is 1.16 bits per heavy atom. The van der Waals surface area contributed by atoms with Gasteiger partial charge in [-0.1, -0.05) is 11.2 Å². The van der Waals surface area contributed by atoms with Gasteiger partial charge in [-0.2, -0.15) is 0 Å². The molecule has 38 heavy (non-hydrogen) atoms. The molecule has 0 spiro atoms. The molecule has 3 heterocycles. The van der Waals surface area contributed by atoms with Gasteiger partial charge in [0.2, 0.25) is 5.91 Å². The number of likely N-dealkylation sites (tertiary alicyclic amines) is 1. The number of imidazole rings is 1. The second-order valence-electron chi connectivity index (χ2n) is 12.1. The Morgan fingerprint density at radius 2 is 1.89 bits per heavy atom. The number of nitrogens with zero attached hydrogens (tertiary/aromatic N) is 4. The van der Waals surface area contributed by atoms with Crippen molar-refractivity contribution in [1.82, 2.24) is 19.6 Å². The van der Waals surface area contributed by atoms with Crippen LogP contribution in [0.15, 0.2) is 22.7 Å². The van der Waals surface area contributed by atoms with Crippen molar-refractivity contribution >= 4 is 23.0 Å². The number of ether oxygens (including phenoxy) is 2. The minimum atomic E-state index is -0.764. The predicted molar refractivity (Wildman–Crippen MR) is 140 cm³/mol. The molecule has 9 nitrogen and oxygen atoms in total. The normalized spacial score (nSPS) is 27.2. The highest BCUT2D eigenvalue weighted by Gasteiger charge is 2.71. The Kier molecular flexibility index (Phi) is 5.72. The number of carbonyl (C=O) groups excluding carboxylic acids is 2. The van der Waals surface area contributed by atoms with E-state index in [0.29, 0.717) is 12.8 Å². The summed E-state index contributed by atoms with van der Waals surface area (Å²) in [6, 6.07) is 6.48. The van der Waals surface area contributed by atoms with E-state index < -0.39 is 17.2 Å². The number of methoxy groups -OCH3 is 1. The van der Waals surface area contributed by atoms with E-state index in [1.807, 2.05) is 34.6 Å².